The third kappa shape index (κ3) is 4.56. The van der Waals surface area contributed by atoms with Gasteiger partial charge in [0.25, 0.3) is 0 Å². The summed E-state index contributed by atoms with van der Waals surface area (Å²) in [5.41, 5.74) is 7.38. The smallest absolute Gasteiger partial charge is 0.239 e. The summed E-state index contributed by atoms with van der Waals surface area (Å²) < 4.78 is 0. The van der Waals surface area contributed by atoms with Crippen LogP contribution in [0.4, 0.5) is 5.69 Å². The topological polar surface area (TPSA) is 58.4 Å². The van der Waals surface area contributed by atoms with Crippen molar-refractivity contribution in [3.05, 3.63) is 29.8 Å². The molecule has 1 rings (SSSR count). The van der Waals surface area contributed by atoms with Crippen molar-refractivity contribution < 1.29 is 4.79 Å². The van der Waals surface area contributed by atoms with E-state index in [0.29, 0.717) is 6.54 Å². The molecular weight excluding hydrogens is 238 g/mol. The van der Waals surface area contributed by atoms with Gasteiger partial charge in [-0.05, 0) is 39.3 Å². The molecule has 0 aromatic heterocycles. The largest absolute Gasteiger partial charge is 0.370 e. The standard InChI is InChI=1S/C15H25N3O/c1-5-18(13-9-7-6-8-12(13)2)11-10-17-14(19)15(3,4)16/h6-9H,5,10-11,16H2,1-4H3,(H,17,19). The van der Waals surface area contributed by atoms with Gasteiger partial charge in [-0.2, -0.15) is 0 Å². The number of hydrogen-bond acceptors (Lipinski definition) is 3. The highest BCUT2D eigenvalue weighted by Gasteiger charge is 2.21. The first-order valence-corrected chi connectivity index (χ1v) is 6.74. The van der Waals surface area contributed by atoms with Crippen molar-refractivity contribution in [2.75, 3.05) is 24.5 Å². The van der Waals surface area contributed by atoms with E-state index >= 15 is 0 Å². The minimum Gasteiger partial charge on any atom is -0.370 e. The van der Waals surface area contributed by atoms with E-state index in [0.717, 1.165) is 13.1 Å². The number of likely N-dealkylation sites (N-methyl/N-ethyl adjacent to an activating group) is 1. The van der Waals surface area contributed by atoms with E-state index in [4.69, 9.17) is 5.73 Å². The van der Waals surface area contributed by atoms with Gasteiger partial charge in [0.15, 0.2) is 0 Å². The first kappa shape index (κ1) is 15.5. The van der Waals surface area contributed by atoms with Crippen LogP contribution in [-0.4, -0.2) is 31.1 Å². The summed E-state index contributed by atoms with van der Waals surface area (Å²) in [6, 6.07) is 8.27. The molecule has 1 aromatic carbocycles. The second-order valence-electron chi connectivity index (χ2n) is 5.34. The summed E-state index contributed by atoms with van der Waals surface area (Å²) in [5.74, 6) is -0.117. The van der Waals surface area contributed by atoms with Crippen LogP contribution in [0.2, 0.25) is 0 Å². The Hall–Kier alpha value is -1.55. The van der Waals surface area contributed by atoms with E-state index in [9.17, 15) is 4.79 Å². The number of anilines is 1. The molecule has 1 amide bonds. The molecule has 0 saturated heterocycles. The molecule has 0 bridgehead atoms. The molecule has 4 nitrogen and oxygen atoms in total. The summed E-state index contributed by atoms with van der Waals surface area (Å²) in [6.45, 7) is 9.92. The Morgan fingerprint density at radius 1 is 1.37 bits per heavy atom. The first-order valence-electron chi connectivity index (χ1n) is 6.74. The van der Waals surface area contributed by atoms with Gasteiger partial charge in [-0.3, -0.25) is 4.79 Å². The van der Waals surface area contributed by atoms with Crippen LogP contribution in [0.15, 0.2) is 24.3 Å². The molecule has 0 radical (unpaired) electrons. The number of para-hydroxylation sites is 1. The molecule has 3 N–H and O–H groups in total. The van der Waals surface area contributed by atoms with Crippen molar-refractivity contribution in [2.45, 2.75) is 33.2 Å². The molecule has 0 heterocycles. The van der Waals surface area contributed by atoms with Crippen LogP contribution in [0.3, 0.4) is 0 Å². The SMILES string of the molecule is CCN(CCNC(=O)C(C)(C)N)c1ccccc1C. The van der Waals surface area contributed by atoms with Gasteiger partial charge in [-0.25, -0.2) is 0 Å². The number of hydrogen-bond donors (Lipinski definition) is 2. The quantitative estimate of drug-likeness (QED) is 0.821. The molecule has 0 spiro atoms. The van der Waals surface area contributed by atoms with Crippen LogP contribution in [0.25, 0.3) is 0 Å². The van der Waals surface area contributed by atoms with E-state index < -0.39 is 5.54 Å². The Morgan fingerprint density at radius 2 is 2.00 bits per heavy atom. The third-order valence-electron chi connectivity index (χ3n) is 3.09. The molecule has 0 atom stereocenters. The van der Waals surface area contributed by atoms with E-state index in [2.05, 4.69) is 36.2 Å². The number of nitrogens with one attached hydrogen (secondary N) is 1. The van der Waals surface area contributed by atoms with Gasteiger partial charge < -0.3 is 16.0 Å². The minimum atomic E-state index is -0.820. The average molecular weight is 263 g/mol. The molecule has 1 aromatic rings. The Labute approximate surface area is 116 Å². The summed E-state index contributed by atoms with van der Waals surface area (Å²) in [7, 11) is 0. The minimum absolute atomic E-state index is 0.117. The number of rotatable bonds is 6. The Kier molecular flexibility index (Phi) is 5.36. The average Bonchev–Trinajstić information content (AvgIpc) is 2.34. The zero-order valence-electron chi connectivity index (χ0n) is 12.4. The number of amides is 1. The van der Waals surface area contributed by atoms with Crippen molar-refractivity contribution in [2.24, 2.45) is 5.73 Å². The second-order valence-corrected chi connectivity index (χ2v) is 5.34. The van der Waals surface area contributed by atoms with Gasteiger partial charge >= 0.3 is 0 Å². The molecule has 19 heavy (non-hydrogen) atoms. The van der Waals surface area contributed by atoms with E-state index in [-0.39, 0.29) is 5.91 Å². The predicted octanol–water partition coefficient (Wildman–Crippen LogP) is 1.67. The van der Waals surface area contributed by atoms with E-state index in [1.54, 1.807) is 13.8 Å². The Morgan fingerprint density at radius 3 is 2.53 bits per heavy atom. The lowest BCUT2D eigenvalue weighted by Gasteiger charge is -2.26. The third-order valence-corrected chi connectivity index (χ3v) is 3.09. The number of aryl methyl sites for hydroxylation is 1. The van der Waals surface area contributed by atoms with Gasteiger partial charge in [0.2, 0.25) is 5.91 Å². The maximum atomic E-state index is 11.7. The van der Waals surface area contributed by atoms with Crippen LogP contribution in [-0.2, 0) is 4.79 Å². The van der Waals surface area contributed by atoms with Gasteiger partial charge in [-0.1, -0.05) is 18.2 Å². The molecule has 0 aliphatic heterocycles. The van der Waals surface area contributed by atoms with Gasteiger partial charge in [-0.15, -0.1) is 0 Å². The second kappa shape index (κ2) is 6.57. The molecule has 0 aliphatic rings. The fourth-order valence-electron chi connectivity index (χ4n) is 1.90. The van der Waals surface area contributed by atoms with Crippen LogP contribution in [0, 0.1) is 6.92 Å². The fourth-order valence-corrected chi connectivity index (χ4v) is 1.90. The van der Waals surface area contributed by atoms with Gasteiger partial charge in [0.05, 0.1) is 5.54 Å². The fraction of sp³-hybridized carbons (Fsp3) is 0.533. The lowest BCUT2D eigenvalue weighted by atomic mass is 10.1. The van der Waals surface area contributed by atoms with Crippen LogP contribution in [0.1, 0.15) is 26.3 Å². The molecule has 0 unspecified atom stereocenters. The van der Waals surface area contributed by atoms with Crippen LogP contribution < -0.4 is 16.0 Å². The number of benzene rings is 1. The highest BCUT2D eigenvalue weighted by molar-refractivity contribution is 5.85. The van der Waals surface area contributed by atoms with Crippen molar-refractivity contribution in [3.63, 3.8) is 0 Å². The summed E-state index contributed by atoms with van der Waals surface area (Å²) in [5, 5.41) is 2.87. The maximum absolute atomic E-state index is 11.7. The maximum Gasteiger partial charge on any atom is 0.239 e. The van der Waals surface area contributed by atoms with Crippen LogP contribution in [0.5, 0.6) is 0 Å². The van der Waals surface area contributed by atoms with Crippen LogP contribution >= 0.6 is 0 Å². The normalized spacial score (nSPS) is 11.2. The highest BCUT2D eigenvalue weighted by Crippen LogP contribution is 2.18. The Bertz CT molecular complexity index is 424. The number of nitrogens with two attached hydrogens (primary N) is 1. The monoisotopic (exact) mass is 263 g/mol. The number of nitrogens with zero attached hydrogens (tertiary/aromatic N) is 1. The first-order chi connectivity index (χ1) is 8.86. The molecule has 0 aliphatic carbocycles. The number of carbonyl (C=O) groups is 1. The zero-order valence-corrected chi connectivity index (χ0v) is 12.4. The van der Waals surface area contributed by atoms with Gasteiger partial charge in [0, 0.05) is 25.3 Å². The molecule has 4 heteroatoms. The van der Waals surface area contributed by atoms with Crippen molar-refractivity contribution in [1.82, 2.24) is 5.32 Å². The molecule has 106 valence electrons. The zero-order chi connectivity index (χ0) is 14.5. The predicted molar refractivity (Wildman–Crippen MR) is 80.3 cm³/mol. The molecule has 0 saturated carbocycles. The van der Waals surface area contributed by atoms with Crippen molar-refractivity contribution >= 4 is 11.6 Å². The molecular formula is C15H25N3O. The van der Waals surface area contributed by atoms with Gasteiger partial charge in [0.1, 0.15) is 0 Å². The van der Waals surface area contributed by atoms with E-state index in [1.807, 2.05) is 12.1 Å². The lowest BCUT2D eigenvalue weighted by molar-refractivity contribution is -0.125. The summed E-state index contributed by atoms with van der Waals surface area (Å²) in [4.78, 5) is 13.9. The van der Waals surface area contributed by atoms with Crippen molar-refractivity contribution in [1.29, 1.82) is 0 Å². The summed E-state index contributed by atoms with van der Waals surface area (Å²) in [6.07, 6.45) is 0. The van der Waals surface area contributed by atoms with Crippen molar-refractivity contribution in [3.8, 4) is 0 Å². The highest BCUT2D eigenvalue weighted by atomic mass is 16.2. The Balaban J connectivity index is 2.56. The van der Waals surface area contributed by atoms with E-state index in [1.165, 1.54) is 11.3 Å². The molecule has 0 fully saturated rings. The lowest BCUT2D eigenvalue weighted by Crippen LogP contribution is -2.50. The number of carbonyl (C=O) groups excluding carboxylic acids is 1. The summed E-state index contributed by atoms with van der Waals surface area (Å²) >= 11 is 0.